The molecule has 0 saturated carbocycles. The van der Waals surface area contributed by atoms with Gasteiger partial charge in [0.05, 0.1) is 19.8 Å². The number of guanidine groups is 1. The average Bonchev–Trinajstić information content (AvgIpc) is 2.72. The number of aliphatic imine (C=N–C) groups is 1. The summed E-state index contributed by atoms with van der Waals surface area (Å²) >= 11 is 5.95. The minimum Gasteiger partial charge on any atom is -0.497 e. The maximum absolute atomic E-state index is 10.3. The second kappa shape index (κ2) is 10.7. The van der Waals surface area contributed by atoms with Gasteiger partial charge in [0.1, 0.15) is 5.75 Å². The maximum atomic E-state index is 10.3. The first-order chi connectivity index (χ1) is 13.1. The van der Waals surface area contributed by atoms with Gasteiger partial charge in [-0.05, 0) is 42.0 Å². The SMILES string of the molecule is COc1cccc(C(O)CN=C(N)N2CCN(c3ccc(Cl)cc3)CC2)c1.I. The molecule has 6 nitrogen and oxygen atoms in total. The van der Waals surface area contributed by atoms with Gasteiger partial charge in [-0.25, -0.2) is 0 Å². The van der Waals surface area contributed by atoms with Crippen molar-refractivity contribution in [3.05, 3.63) is 59.1 Å². The minimum atomic E-state index is -0.714. The van der Waals surface area contributed by atoms with Crippen LogP contribution < -0.4 is 15.4 Å². The van der Waals surface area contributed by atoms with Crippen molar-refractivity contribution in [3.8, 4) is 5.75 Å². The van der Waals surface area contributed by atoms with Crippen molar-refractivity contribution < 1.29 is 9.84 Å². The van der Waals surface area contributed by atoms with Crippen LogP contribution in [-0.2, 0) is 0 Å². The molecule has 0 spiro atoms. The summed E-state index contributed by atoms with van der Waals surface area (Å²) in [4.78, 5) is 8.73. The van der Waals surface area contributed by atoms with Crippen LogP contribution in [-0.4, -0.2) is 55.8 Å². The zero-order valence-electron chi connectivity index (χ0n) is 15.8. The molecular formula is C20H26ClIN4O2. The van der Waals surface area contributed by atoms with Crippen LogP contribution in [0.5, 0.6) is 5.75 Å². The molecule has 0 bridgehead atoms. The van der Waals surface area contributed by atoms with Gasteiger partial charge in [0, 0.05) is 36.9 Å². The molecule has 0 radical (unpaired) electrons. The van der Waals surface area contributed by atoms with Crippen LogP contribution in [0, 0.1) is 0 Å². The summed E-state index contributed by atoms with van der Waals surface area (Å²) in [6, 6.07) is 15.2. The molecule has 3 rings (SSSR count). The van der Waals surface area contributed by atoms with Gasteiger partial charge >= 0.3 is 0 Å². The lowest BCUT2D eigenvalue weighted by Crippen LogP contribution is -2.51. The van der Waals surface area contributed by atoms with E-state index >= 15 is 0 Å². The normalized spacial score (nSPS) is 15.8. The fourth-order valence-electron chi connectivity index (χ4n) is 3.08. The number of hydrogen-bond acceptors (Lipinski definition) is 4. The number of anilines is 1. The quantitative estimate of drug-likeness (QED) is 0.363. The molecule has 2 aromatic rings. The second-order valence-corrected chi connectivity index (χ2v) is 6.88. The van der Waals surface area contributed by atoms with Crippen LogP contribution in [0.1, 0.15) is 11.7 Å². The van der Waals surface area contributed by atoms with Gasteiger partial charge in [-0.3, -0.25) is 4.99 Å². The highest BCUT2D eigenvalue weighted by atomic mass is 127. The maximum Gasteiger partial charge on any atom is 0.191 e. The Kier molecular flexibility index (Phi) is 8.65. The van der Waals surface area contributed by atoms with E-state index in [1.54, 1.807) is 13.2 Å². The van der Waals surface area contributed by atoms with Gasteiger partial charge < -0.3 is 25.4 Å². The first-order valence-corrected chi connectivity index (χ1v) is 9.32. The number of methoxy groups -OCH3 is 1. The Labute approximate surface area is 188 Å². The molecule has 3 N–H and O–H groups in total. The first kappa shape index (κ1) is 22.6. The van der Waals surface area contributed by atoms with Crippen molar-refractivity contribution >= 4 is 47.2 Å². The minimum absolute atomic E-state index is 0. The van der Waals surface area contributed by atoms with Crippen molar-refractivity contribution in [2.24, 2.45) is 10.7 Å². The third-order valence-corrected chi connectivity index (χ3v) is 4.95. The molecule has 0 amide bonds. The molecule has 1 unspecified atom stereocenters. The summed E-state index contributed by atoms with van der Waals surface area (Å²) in [5.41, 5.74) is 8.06. The lowest BCUT2D eigenvalue weighted by atomic mass is 10.1. The molecule has 0 aliphatic carbocycles. The number of halogens is 2. The molecule has 1 atom stereocenters. The Morgan fingerprint density at radius 2 is 1.86 bits per heavy atom. The Morgan fingerprint density at radius 1 is 1.18 bits per heavy atom. The summed E-state index contributed by atoms with van der Waals surface area (Å²) in [6.45, 7) is 3.50. The lowest BCUT2D eigenvalue weighted by molar-refractivity contribution is 0.186. The molecule has 28 heavy (non-hydrogen) atoms. The van der Waals surface area contributed by atoms with Gasteiger partial charge in [0.15, 0.2) is 5.96 Å². The zero-order valence-corrected chi connectivity index (χ0v) is 18.9. The molecule has 8 heteroatoms. The zero-order chi connectivity index (χ0) is 19.2. The predicted molar refractivity (Wildman–Crippen MR) is 125 cm³/mol. The van der Waals surface area contributed by atoms with Crippen LogP contribution in [0.25, 0.3) is 0 Å². The number of hydrogen-bond donors (Lipinski definition) is 2. The Bertz CT molecular complexity index is 780. The van der Waals surface area contributed by atoms with Crippen molar-refractivity contribution in [2.45, 2.75) is 6.10 Å². The van der Waals surface area contributed by atoms with E-state index in [9.17, 15) is 5.11 Å². The topological polar surface area (TPSA) is 74.3 Å². The number of piperazine rings is 1. The molecule has 152 valence electrons. The van der Waals surface area contributed by atoms with Crippen LogP contribution in [0.3, 0.4) is 0 Å². The van der Waals surface area contributed by atoms with E-state index in [1.165, 1.54) is 0 Å². The molecule has 1 heterocycles. The van der Waals surface area contributed by atoms with Gasteiger partial charge in [0.25, 0.3) is 0 Å². The fraction of sp³-hybridized carbons (Fsp3) is 0.350. The van der Waals surface area contributed by atoms with Crippen LogP contribution in [0.15, 0.2) is 53.5 Å². The van der Waals surface area contributed by atoms with E-state index < -0.39 is 6.10 Å². The van der Waals surface area contributed by atoms with E-state index in [4.69, 9.17) is 22.1 Å². The predicted octanol–water partition coefficient (Wildman–Crippen LogP) is 3.14. The van der Waals surface area contributed by atoms with E-state index in [1.807, 2.05) is 47.4 Å². The number of nitrogens with two attached hydrogens (primary N) is 1. The molecule has 2 aromatic carbocycles. The fourth-order valence-corrected chi connectivity index (χ4v) is 3.21. The lowest BCUT2D eigenvalue weighted by Gasteiger charge is -2.36. The first-order valence-electron chi connectivity index (χ1n) is 8.94. The largest absolute Gasteiger partial charge is 0.497 e. The number of rotatable bonds is 5. The smallest absolute Gasteiger partial charge is 0.191 e. The number of nitrogens with zero attached hydrogens (tertiary/aromatic N) is 3. The van der Waals surface area contributed by atoms with Crippen LogP contribution in [0.2, 0.25) is 5.02 Å². The average molecular weight is 517 g/mol. The highest BCUT2D eigenvalue weighted by molar-refractivity contribution is 14.0. The number of ether oxygens (including phenoxy) is 1. The van der Waals surface area contributed by atoms with Gasteiger partial charge in [0.2, 0.25) is 0 Å². The van der Waals surface area contributed by atoms with Crippen molar-refractivity contribution in [2.75, 3.05) is 44.7 Å². The Morgan fingerprint density at radius 3 is 2.50 bits per heavy atom. The number of aliphatic hydroxyl groups excluding tert-OH is 1. The van der Waals surface area contributed by atoms with Gasteiger partial charge in [-0.15, -0.1) is 24.0 Å². The number of aliphatic hydroxyl groups is 1. The van der Waals surface area contributed by atoms with Gasteiger partial charge in [-0.1, -0.05) is 23.7 Å². The van der Waals surface area contributed by atoms with E-state index in [2.05, 4.69) is 9.89 Å². The highest BCUT2D eigenvalue weighted by Gasteiger charge is 2.19. The van der Waals surface area contributed by atoms with Crippen molar-refractivity contribution in [1.29, 1.82) is 0 Å². The third kappa shape index (κ3) is 5.89. The summed E-state index contributed by atoms with van der Waals surface area (Å²) in [6.07, 6.45) is -0.714. The van der Waals surface area contributed by atoms with E-state index in [-0.39, 0.29) is 30.5 Å². The Balaban J connectivity index is 0.00000280. The molecule has 1 aliphatic rings. The molecule has 1 fully saturated rings. The standard InChI is InChI=1S/C20H25ClN4O2.HI/c1-27-18-4-2-3-15(13-18)19(26)14-23-20(22)25-11-9-24(10-12-25)17-7-5-16(21)6-8-17;/h2-8,13,19,26H,9-12,14H2,1H3,(H2,22,23);1H. The number of benzene rings is 2. The third-order valence-electron chi connectivity index (χ3n) is 4.70. The van der Waals surface area contributed by atoms with Crippen molar-refractivity contribution in [1.82, 2.24) is 4.90 Å². The molecule has 0 aromatic heterocycles. The van der Waals surface area contributed by atoms with Gasteiger partial charge in [-0.2, -0.15) is 0 Å². The van der Waals surface area contributed by atoms with Crippen molar-refractivity contribution in [3.63, 3.8) is 0 Å². The summed E-state index contributed by atoms with van der Waals surface area (Å²) in [5.74, 6) is 1.18. The van der Waals surface area contributed by atoms with Crippen LogP contribution >= 0.6 is 35.6 Å². The highest BCUT2D eigenvalue weighted by Crippen LogP contribution is 2.20. The second-order valence-electron chi connectivity index (χ2n) is 6.44. The van der Waals surface area contributed by atoms with E-state index in [0.717, 1.165) is 42.5 Å². The molecule has 1 saturated heterocycles. The summed E-state index contributed by atoms with van der Waals surface area (Å²) in [7, 11) is 1.60. The van der Waals surface area contributed by atoms with E-state index in [0.29, 0.717) is 11.7 Å². The summed E-state index contributed by atoms with van der Waals surface area (Å²) in [5, 5.41) is 11.1. The molecular weight excluding hydrogens is 491 g/mol. The Hall–Kier alpha value is -1.71. The molecule has 1 aliphatic heterocycles. The van der Waals surface area contributed by atoms with Crippen LogP contribution in [0.4, 0.5) is 5.69 Å². The summed E-state index contributed by atoms with van der Waals surface area (Å²) < 4.78 is 5.19. The monoisotopic (exact) mass is 516 g/mol.